The summed E-state index contributed by atoms with van der Waals surface area (Å²) in [5.41, 5.74) is 8.95. The normalized spacial score (nSPS) is 9.71. The van der Waals surface area contributed by atoms with Crippen LogP contribution in [0.4, 0.5) is 5.69 Å². The Hall–Kier alpha value is -2.26. The van der Waals surface area contributed by atoms with E-state index in [9.17, 15) is 4.79 Å². The van der Waals surface area contributed by atoms with E-state index in [0.717, 1.165) is 0 Å². The van der Waals surface area contributed by atoms with Crippen LogP contribution in [0.5, 0.6) is 0 Å². The molecule has 0 radical (unpaired) electrons. The van der Waals surface area contributed by atoms with Crippen LogP contribution >= 0.6 is 0 Å². The summed E-state index contributed by atoms with van der Waals surface area (Å²) >= 11 is 0. The molecule has 5 heteroatoms. The summed E-state index contributed by atoms with van der Waals surface area (Å²) in [7, 11) is 0. The van der Waals surface area contributed by atoms with Crippen molar-refractivity contribution in [2.24, 2.45) is 5.11 Å². The summed E-state index contributed by atoms with van der Waals surface area (Å²) in [6.07, 6.45) is 1.33. The largest absolute Gasteiger partial charge is 0.464 e. The van der Waals surface area contributed by atoms with Crippen LogP contribution in [0.1, 0.15) is 0 Å². The summed E-state index contributed by atoms with van der Waals surface area (Å²) in [6.45, 7) is 0. The zero-order valence-electron chi connectivity index (χ0n) is 7.04. The van der Waals surface area contributed by atoms with Gasteiger partial charge in [0.05, 0.1) is 11.6 Å². The lowest BCUT2D eigenvalue weighted by Gasteiger charge is -1.95. The van der Waals surface area contributed by atoms with Crippen LogP contribution < -0.4 is 5.43 Å². The van der Waals surface area contributed by atoms with Crippen molar-refractivity contribution < 1.29 is 4.42 Å². The molecular formula is C9H5N3O2. The molecule has 0 amide bonds. The van der Waals surface area contributed by atoms with Gasteiger partial charge in [-0.1, -0.05) is 5.11 Å². The molecule has 0 atom stereocenters. The second kappa shape index (κ2) is 3.24. The van der Waals surface area contributed by atoms with Crippen molar-refractivity contribution in [3.63, 3.8) is 0 Å². The van der Waals surface area contributed by atoms with Crippen molar-refractivity contribution in [1.82, 2.24) is 0 Å². The summed E-state index contributed by atoms with van der Waals surface area (Å²) in [5.74, 6) is 0. The number of fused-ring (bicyclic) bond motifs is 1. The molecular weight excluding hydrogens is 182 g/mol. The monoisotopic (exact) mass is 187 g/mol. The zero-order valence-corrected chi connectivity index (χ0v) is 7.04. The molecule has 0 fully saturated rings. The molecule has 1 heterocycles. The standard InChI is InChI=1S/C9H5N3O2/c10-12-11-6-1-2-9-7(5-6)8(13)3-4-14-9/h1-5H. The summed E-state index contributed by atoms with van der Waals surface area (Å²) < 4.78 is 5.09. The van der Waals surface area contributed by atoms with Crippen LogP contribution in [0.15, 0.2) is 44.9 Å². The van der Waals surface area contributed by atoms with Crippen LogP contribution in [-0.2, 0) is 0 Å². The SMILES string of the molecule is [N-]=[N+]=Nc1ccc2occc(=O)c2c1. The molecule has 14 heavy (non-hydrogen) atoms. The first-order chi connectivity index (χ1) is 6.81. The Bertz CT molecular complexity index is 582. The Morgan fingerprint density at radius 2 is 2.21 bits per heavy atom. The van der Waals surface area contributed by atoms with Gasteiger partial charge in [0.2, 0.25) is 0 Å². The molecule has 0 unspecified atom stereocenters. The average molecular weight is 187 g/mol. The number of nitrogens with zero attached hydrogens (tertiary/aromatic N) is 3. The third-order valence-corrected chi connectivity index (χ3v) is 1.80. The number of azide groups is 1. The van der Waals surface area contributed by atoms with Crippen LogP contribution in [0.3, 0.4) is 0 Å². The van der Waals surface area contributed by atoms with Crippen LogP contribution in [0.25, 0.3) is 21.4 Å². The Morgan fingerprint density at radius 3 is 3.00 bits per heavy atom. The minimum atomic E-state index is -0.152. The van der Waals surface area contributed by atoms with E-state index in [1.165, 1.54) is 18.4 Å². The van der Waals surface area contributed by atoms with Gasteiger partial charge in [0.15, 0.2) is 5.43 Å². The number of rotatable bonds is 1. The first kappa shape index (κ1) is 8.34. The molecule has 0 bridgehead atoms. The van der Waals surface area contributed by atoms with E-state index in [4.69, 9.17) is 9.95 Å². The predicted molar refractivity (Wildman–Crippen MR) is 51.3 cm³/mol. The third kappa shape index (κ3) is 1.32. The Labute approximate surface area is 78.2 Å². The average Bonchev–Trinajstić information content (AvgIpc) is 2.20. The molecule has 0 spiro atoms. The molecule has 68 valence electrons. The van der Waals surface area contributed by atoms with Gasteiger partial charge < -0.3 is 4.42 Å². The Morgan fingerprint density at radius 1 is 1.36 bits per heavy atom. The van der Waals surface area contributed by atoms with Gasteiger partial charge >= 0.3 is 0 Å². The van der Waals surface area contributed by atoms with Gasteiger partial charge in [-0.2, -0.15) is 0 Å². The molecule has 2 rings (SSSR count). The number of hydrogen-bond donors (Lipinski definition) is 0. The second-order valence-electron chi connectivity index (χ2n) is 2.65. The van der Waals surface area contributed by atoms with Crippen molar-refractivity contribution in [3.05, 3.63) is 51.2 Å². The molecule has 0 aliphatic heterocycles. The fourth-order valence-corrected chi connectivity index (χ4v) is 1.19. The van der Waals surface area contributed by atoms with E-state index in [1.807, 2.05) is 0 Å². The van der Waals surface area contributed by atoms with Gasteiger partial charge in [-0.3, -0.25) is 4.79 Å². The van der Waals surface area contributed by atoms with Gasteiger partial charge in [0, 0.05) is 16.7 Å². The summed E-state index contributed by atoms with van der Waals surface area (Å²) in [5, 5.41) is 3.81. The minimum Gasteiger partial charge on any atom is -0.464 e. The van der Waals surface area contributed by atoms with Gasteiger partial charge in [-0.15, -0.1) is 0 Å². The smallest absolute Gasteiger partial charge is 0.192 e. The van der Waals surface area contributed by atoms with Crippen molar-refractivity contribution >= 4 is 16.7 Å². The van der Waals surface area contributed by atoms with Gasteiger partial charge in [0.25, 0.3) is 0 Å². The molecule has 2 aromatic rings. The van der Waals surface area contributed by atoms with E-state index in [-0.39, 0.29) is 5.43 Å². The highest BCUT2D eigenvalue weighted by atomic mass is 16.3. The van der Waals surface area contributed by atoms with Crippen LogP contribution in [0, 0.1) is 0 Å². The highest BCUT2D eigenvalue weighted by Crippen LogP contribution is 2.18. The molecule has 5 nitrogen and oxygen atoms in total. The van der Waals surface area contributed by atoms with Crippen molar-refractivity contribution in [1.29, 1.82) is 0 Å². The third-order valence-electron chi connectivity index (χ3n) is 1.80. The lowest BCUT2D eigenvalue weighted by atomic mass is 10.2. The van der Waals surface area contributed by atoms with E-state index in [1.54, 1.807) is 12.1 Å². The summed E-state index contributed by atoms with van der Waals surface area (Å²) in [4.78, 5) is 14.0. The summed E-state index contributed by atoms with van der Waals surface area (Å²) in [6, 6.07) is 6.01. The molecule has 0 aliphatic rings. The first-order valence-corrected chi connectivity index (χ1v) is 3.88. The van der Waals surface area contributed by atoms with E-state index in [0.29, 0.717) is 16.7 Å². The first-order valence-electron chi connectivity index (χ1n) is 3.88. The maximum absolute atomic E-state index is 11.3. The van der Waals surface area contributed by atoms with E-state index >= 15 is 0 Å². The molecule has 0 saturated heterocycles. The molecule has 0 N–H and O–H groups in total. The van der Waals surface area contributed by atoms with Gasteiger partial charge in [-0.05, 0) is 23.7 Å². The minimum absolute atomic E-state index is 0.152. The van der Waals surface area contributed by atoms with E-state index < -0.39 is 0 Å². The van der Waals surface area contributed by atoms with Gasteiger partial charge in [0.1, 0.15) is 5.58 Å². The Kier molecular flexibility index (Phi) is 1.93. The lowest BCUT2D eigenvalue weighted by molar-refractivity contribution is 0.602. The lowest BCUT2D eigenvalue weighted by Crippen LogP contribution is -1.96. The van der Waals surface area contributed by atoms with Crippen molar-refractivity contribution in [3.8, 4) is 0 Å². The van der Waals surface area contributed by atoms with Gasteiger partial charge in [-0.25, -0.2) is 0 Å². The molecule has 0 aliphatic carbocycles. The fraction of sp³-hybridized carbons (Fsp3) is 0. The van der Waals surface area contributed by atoms with Crippen LogP contribution in [0.2, 0.25) is 0 Å². The van der Waals surface area contributed by atoms with Crippen molar-refractivity contribution in [2.45, 2.75) is 0 Å². The highest BCUT2D eigenvalue weighted by molar-refractivity contribution is 5.79. The quantitative estimate of drug-likeness (QED) is 0.390. The predicted octanol–water partition coefficient (Wildman–Crippen LogP) is 2.73. The maximum atomic E-state index is 11.3. The highest BCUT2D eigenvalue weighted by Gasteiger charge is 1.99. The fourth-order valence-electron chi connectivity index (χ4n) is 1.19. The van der Waals surface area contributed by atoms with Crippen LogP contribution in [-0.4, -0.2) is 0 Å². The second-order valence-corrected chi connectivity index (χ2v) is 2.65. The number of hydrogen-bond acceptors (Lipinski definition) is 3. The number of benzene rings is 1. The Balaban J connectivity index is 2.82. The topological polar surface area (TPSA) is 79.0 Å². The maximum Gasteiger partial charge on any atom is 0.192 e. The van der Waals surface area contributed by atoms with Crippen molar-refractivity contribution in [2.75, 3.05) is 0 Å². The van der Waals surface area contributed by atoms with E-state index in [2.05, 4.69) is 10.0 Å². The molecule has 1 aromatic heterocycles. The zero-order chi connectivity index (χ0) is 9.97. The molecule has 1 aromatic carbocycles. The molecule has 0 saturated carbocycles.